The van der Waals surface area contributed by atoms with Gasteiger partial charge < -0.3 is 15.2 Å². The zero-order valence-electron chi connectivity index (χ0n) is 15.2. The molecule has 0 bridgehead atoms. The second-order valence-corrected chi connectivity index (χ2v) is 7.50. The van der Waals surface area contributed by atoms with E-state index in [2.05, 4.69) is 4.99 Å². The van der Waals surface area contributed by atoms with Crippen LogP contribution in [0, 0.1) is 0 Å². The Morgan fingerprint density at radius 1 is 1.07 bits per heavy atom. The van der Waals surface area contributed by atoms with Gasteiger partial charge in [-0.3, -0.25) is 4.79 Å². The zero-order chi connectivity index (χ0) is 19.8. The molecule has 5 rings (SSSR count). The van der Waals surface area contributed by atoms with Gasteiger partial charge in [0.1, 0.15) is 18.9 Å². The lowest BCUT2D eigenvalue weighted by atomic mass is 10.1. The molecule has 0 fully saturated rings. The molecule has 29 heavy (non-hydrogen) atoms. The highest BCUT2D eigenvalue weighted by Gasteiger charge is 2.22. The Bertz CT molecular complexity index is 1170. The predicted octanol–water partition coefficient (Wildman–Crippen LogP) is 3.24. The number of benzene rings is 2. The van der Waals surface area contributed by atoms with Crippen LogP contribution in [0.3, 0.4) is 0 Å². The van der Waals surface area contributed by atoms with Gasteiger partial charge in [-0.05, 0) is 48.2 Å². The monoisotopic (exact) mass is 404 g/mol. The minimum atomic E-state index is -0.340. The van der Waals surface area contributed by atoms with Crippen molar-refractivity contribution in [2.45, 2.75) is 0 Å². The van der Waals surface area contributed by atoms with E-state index < -0.39 is 0 Å². The van der Waals surface area contributed by atoms with Crippen LogP contribution >= 0.6 is 11.8 Å². The van der Waals surface area contributed by atoms with Gasteiger partial charge in [-0.1, -0.05) is 18.2 Å². The summed E-state index contributed by atoms with van der Waals surface area (Å²) in [6, 6.07) is 15.5. The molecule has 144 valence electrons. The first-order valence-electron chi connectivity index (χ1n) is 9.00. The lowest BCUT2D eigenvalue weighted by molar-refractivity contribution is -0.113. The molecular formula is C21H16N4O3S. The molecule has 1 aromatic heterocycles. The van der Waals surface area contributed by atoms with Crippen LogP contribution in [0.5, 0.6) is 11.5 Å². The number of carbonyl (C=O) groups excluding carboxylic acids is 1. The van der Waals surface area contributed by atoms with Crippen molar-refractivity contribution < 1.29 is 14.3 Å². The molecule has 0 radical (unpaired) electrons. The maximum Gasteiger partial charge on any atom is 0.286 e. The highest BCUT2D eigenvalue weighted by atomic mass is 32.2. The van der Waals surface area contributed by atoms with E-state index in [9.17, 15) is 4.79 Å². The first-order valence-corrected chi connectivity index (χ1v) is 9.82. The van der Waals surface area contributed by atoms with Crippen LogP contribution in [0.15, 0.2) is 64.6 Å². The van der Waals surface area contributed by atoms with E-state index >= 15 is 0 Å². The molecule has 2 aromatic carbocycles. The van der Waals surface area contributed by atoms with Crippen LogP contribution in [0.1, 0.15) is 5.56 Å². The molecule has 0 saturated heterocycles. The van der Waals surface area contributed by atoms with Gasteiger partial charge in [0, 0.05) is 17.3 Å². The molecule has 2 N–H and O–H groups in total. The van der Waals surface area contributed by atoms with E-state index in [-0.39, 0.29) is 11.1 Å². The average Bonchev–Trinajstić information content (AvgIpc) is 3.31. The normalized spacial score (nSPS) is 16.9. The number of carbonyl (C=O) groups is 1. The number of nitrogens with two attached hydrogens (primary N) is 1. The van der Waals surface area contributed by atoms with E-state index in [0.29, 0.717) is 29.6 Å². The van der Waals surface area contributed by atoms with Crippen LogP contribution in [-0.4, -0.2) is 34.1 Å². The number of para-hydroxylation sites is 1. The van der Waals surface area contributed by atoms with Crippen molar-refractivity contribution in [3.05, 3.63) is 65.2 Å². The topological polar surface area (TPSA) is 91.7 Å². The molecule has 0 aliphatic carbocycles. The molecule has 3 aromatic rings. The Hall–Kier alpha value is -3.52. The van der Waals surface area contributed by atoms with Crippen molar-refractivity contribution in [2.75, 3.05) is 13.2 Å². The van der Waals surface area contributed by atoms with Crippen LogP contribution in [0.4, 0.5) is 0 Å². The van der Waals surface area contributed by atoms with Crippen molar-refractivity contribution in [1.82, 2.24) is 9.78 Å². The number of nitrogens with zero attached hydrogens (tertiary/aromatic N) is 3. The molecular weight excluding hydrogens is 388 g/mol. The average molecular weight is 404 g/mol. The lowest BCUT2D eigenvalue weighted by Crippen LogP contribution is -2.15. The number of hydrogen-bond donors (Lipinski definition) is 1. The number of aromatic nitrogens is 2. The number of ether oxygens (including phenoxy) is 2. The van der Waals surface area contributed by atoms with Gasteiger partial charge in [0.15, 0.2) is 16.7 Å². The van der Waals surface area contributed by atoms with E-state index in [1.165, 1.54) is 0 Å². The van der Waals surface area contributed by atoms with Crippen molar-refractivity contribution >= 4 is 28.9 Å². The Kier molecular flexibility index (Phi) is 4.33. The number of thioether (sulfide) groups is 1. The van der Waals surface area contributed by atoms with Gasteiger partial charge in [-0.15, -0.1) is 0 Å². The molecule has 0 saturated carbocycles. The van der Waals surface area contributed by atoms with Crippen LogP contribution in [0.25, 0.3) is 23.0 Å². The third-order valence-electron chi connectivity index (χ3n) is 4.50. The van der Waals surface area contributed by atoms with E-state index in [4.69, 9.17) is 20.3 Å². The summed E-state index contributed by atoms with van der Waals surface area (Å²) in [5.74, 6) is 1.05. The van der Waals surface area contributed by atoms with E-state index in [1.54, 1.807) is 10.8 Å². The summed E-state index contributed by atoms with van der Waals surface area (Å²) in [5.41, 5.74) is 8.97. The van der Waals surface area contributed by atoms with Crippen molar-refractivity contribution in [3.63, 3.8) is 0 Å². The molecule has 3 heterocycles. The number of aliphatic imine (C=N–C) groups is 1. The second-order valence-electron chi connectivity index (χ2n) is 6.44. The molecule has 7 nitrogen and oxygen atoms in total. The number of rotatable bonds is 3. The SMILES string of the molecule is NC1=NC(=O)C(=Cc2cn(-c3ccccc3)nc2-c2ccc3c(c2)OCCO3)S1. The second kappa shape index (κ2) is 7.14. The molecule has 1 amide bonds. The fourth-order valence-electron chi connectivity index (χ4n) is 3.19. The number of hydrogen-bond acceptors (Lipinski definition) is 6. The maximum absolute atomic E-state index is 12.1. The molecule has 0 atom stereocenters. The van der Waals surface area contributed by atoms with Gasteiger partial charge in [0.05, 0.1) is 10.6 Å². The molecule has 0 spiro atoms. The van der Waals surface area contributed by atoms with Gasteiger partial charge in [-0.25, -0.2) is 4.68 Å². The Morgan fingerprint density at radius 3 is 2.62 bits per heavy atom. The largest absolute Gasteiger partial charge is 0.486 e. The number of fused-ring (bicyclic) bond motifs is 1. The number of amides is 1. The third-order valence-corrected chi connectivity index (χ3v) is 5.32. The van der Waals surface area contributed by atoms with Gasteiger partial charge >= 0.3 is 0 Å². The van der Waals surface area contributed by atoms with Crippen molar-refractivity contribution in [1.29, 1.82) is 0 Å². The maximum atomic E-state index is 12.1. The smallest absolute Gasteiger partial charge is 0.286 e. The first-order chi connectivity index (χ1) is 14.2. The molecule has 2 aliphatic rings. The van der Waals surface area contributed by atoms with Gasteiger partial charge in [-0.2, -0.15) is 10.1 Å². The minimum absolute atomic E-state index is 0.248. The summed E-state index contributed by atoms with van der Waals surface area (Å²) in [6.07, 6.45) is 3.66. The van der Waals surface area contributed by atoms with Crippen LogP contribution in [0.2, 0.25) is 0 Å². The van der Waals surface area contributed by atoms with E-state index in [1.807, 2.05) is 54.7 Å². The Labute approximate surface area is 170 Å². The summed E-state index contributed by atoms with van der Waals surface area (Å²) in [4.78, 5) is 16.3. The van der Waals surface area contributed by atoms with Crippen molar-refractivity contribution in [2.24, 2.45) is 10.7 Å². The quantitative estimate of drug-likeness (QED) is 0.674. The summed E-state index contributed by atoms with van der Waals surface area (Å²) in [5, 5.41) is 5.02. The van der Waals surface area contributed by atoms with Crippen LogP contribution < -0.4 is 15.2 Å². The molecule has 8 heteroatoms. The molecule has 2 aliphatic heterocycles. The van der Waals surface area contributed by atoms with E-state index in [0.717, 1.165) is 34.3 Å². The highest BCUT2D eigenvalue weighted by Crippen LogP contribution is 2.36. The summed E-state index contributed by atoms with van der Waals surface area (Å²) in [7, 11) is 0. The Morgan fingerprint density at radius 2 is 1.86 bits per heavy atom. The zero-order valence-corrected chi connectivity index (χ0v) is 16.1. The van der Waals surface area contributed by atoms with Gasteiger partial charge in [0.25, 0.3) is 5.91 Å². The van der Waals surface area contributed by atoms with Crippen LogP contribution in [-0.2, 0) is 4.79 Å². The summed E-state index contributed by atoms with van der Waals surface area (Å²) in [6.45, 7) is 1.04. The lowest BCUT2D eigenvalue weighted by Gasteiger charge is -2.18. The van der Waals surface area contributed by atoms with Crippen molar-refractivity contribution in [3.8, 4) is 28.4 Å². The standard InChI is InChI=1S/C21H16N4O3S/c22-21-23-20(26)18(29-21)11-14-12-25(15-4-2-1-3-5-15)24-19(14)13-6-7-16-17(10-13)28-9-8-27-16/h1-7,10-12H,8-9H2,(H2,22,23,26). The summed E-state index contributed by atoms with van der Waals surface area (Å²) >= 11 is 1.16. The minimum Gasteiger partial charge on any atom is -0.486 e. The summed E-state index contributed by atoms with van der Waals surface area (Å²) < 4.78 is 13.1. The Balaban J connectivity index is 1.62. The fraction of sp³-hybridized carbons (Fsp3) is 0.0952. The number of amidine groups is 1. The first kappa shape index (κ1) is 17.6. The third kappa shape index (κ3) is 3.38. The van der Waals surface area contributed by atoms with Gasteiger partial charge in [0.2, 0.25) is 0 Å². The predicted molar refractivity (Wildman–Crippen MR) is 112 cm³/mol. The molecule has 0 unspecified atom stereocenters. The fourth-order valence-corrected chi connectivity index (χ4v) is 3.86. The highest BCUT2D eigenvalue weighted by molar-refractivity contribution is 8.18.